The van der Waals surface area contributed by atoms with E-state index in [0.29, 0.717) is 12.2 Å². The average Bonchev–Trinajstić information content (AvgIpc) is 3.16. The minimum absolute atomic E-state index is 0.139. The van der Waals surface area contributed by atoms with Crippen molar-refractivity contribution in [2.45, 2.75) is 26.5 Å². The fourth-order valence-electron chi connectivity index (χ4n) is 2.50. The van der Waals surface area contributed by atoms with Gasteiger partial charge in [0.1, 0.15) is 5.75 Å². The van der Waals surface area contributed by atoms with Crippen molar-refractivity contribution >= 4 is 11.7 Å². The summed E-state index contributed by atoms with van der Waals surface area (Å²) in [4.78, 5) is 12.2. The molecule has 0 atom stereocenters. The van der Waals surface area contributed by atoms with E-state index in [1.807, 2.05) is 74.6 Å². The van der Waals surface area contributed by atoms with Crippen LogP contribution in [0.25, 0.3) is 5.69 Å². The normalized spacial score (nSPS) is 10.6. The molecule has 2 aromatic carbocycles. The van der Waals surface area contributed by atoms with E-state index in [-0.39, 0.29) is 12.1 Å². The zero-order chi connectivity index (χ0) is 18.4. The smallest absolute Gasteiger partial charge is 0.319 e. The van der Waals surface area contributed by atoms with Gasteiger partial charge in [-0.15, -0.1) is 0 Å². The summed E-state index contributed by atoms with van der Waals surface area (Å²) >= 11 is 0. The van der Waals surface area contributed by atoms with Gasteiger partial charge in [0.2, 0.25) is 0 Å². The van der Waals surface area contributed by atoms with Crippen molar-refractivity contribution in [1.82, 2.24) is 15.1 Å². The minimum Gasteiger partial charge on any atom is -0.491 e. The highest BCUT2D eigenvalue weighted by Crippen LogP contribution is 2.19. The number of aromatic nitrogens is 2. The van der Waals surface area contributed by atoms with Crippen LogP contribution in [-0.4, -0.2) is 21.9 Å². The predicted octanol–water partition coefficient (Wildman–Crippen LogP) is 3.98. The van der Waals surface area contributed by atoms with Gasteiger partial charge in [-0.2, -0.15) is 5.10 Å². The highest BCUT2D eigenvalue weighted by molar-refractivity contribution is 5.91. The quantitative estimate of drug-likeness (QED) is 0.706. The lowest BCUT2D eigenvalue weighted by molar-refractivity contribution is 0.242. The fraction of sp³-hybridized carbons (Fsp3) is 0.200. The number of hydrogen-bond donors (Lipinski definition) is 2. The van der Waals surface area contributed by atoms with Crippen LogP contribution in [0.4, 0.5) is 10.5 Å². The van der Waals surface area contributed by atoms with Gasteiger partial charge in [-0.3, -0.25) is 0 Å². The molecule has 134 valence electrons. The van der Waals surface area contributed by atoms with Crippen LogP contribution >= 0.6 is 0 Å². The first-order chi connectivity index (χ1) is 12.6. The number of benzene rings is 2. The van der Waals surface area contributed by atoms with Crippen LogP contribution in [0.2, 0.25) is 0 Å². The third-order valence-corrected chi connectivity index (χ3v) is 3.65. The lowest BCUT2D eigenvalue weighted by Crippen LogP contribution is -2.28. The minimum atomic E-state index is -0.271. The molecular weight excluding hydrogens is 328 g/mol. The van der Waals surface area contributed by atoms with Crippen molar-refractivity contribution in [2.24, 2.45) is 0 Å². The molecule has 0 radical (unpaired) electrons. The van der Waals surface area contributed by atoms with E-state index in [1.165, 1.54) is 0 Å². The molecule has 2 amide bonds. The van der Waals surface area contributed by atoms with Crippen molar-refractivity contribution in [2.75, 3.05) is 5.32 Å². The van der Waals surface area contributed by atoms with Crippen LogP contribution in [0.3, 0.4) is 0 Å². The number of rotatable bonds is 6. The molecule has 0 fully saturated rings. The molecule has 0 spiro atoms. The number of carbonyl (C=O) groups is 1. The first-order valence-corrected chi connectivity index (χ1v) is 8.51. The summed E-state index contributed by atoms with van der Waals surface area (Å²) in [6.45, 7) is 4.40. The third-order valence-electron chi connectivity index (χ3n) is 3.65. The third kappa shape index (κ3) is 4.63. The van der Waals surface area contributed by atoms with Crippen molar-refractivity contribution in [3.8, 4) is 11.4 Å². The lowest BCUT2D eigenvalue weighted by Gasteiger charge is -2.13. The topological polar surface area (TPSA) is 68.2 Å². The van der Waals surface area contributed by atoms with Gasteiger partial charge in [0.25, 0.3) is 0 Å². The van der Waals surface area contributed by atoms with Gasteiger partial charge >= 0.3 is 6.03 Å². The molecule has 0 saturated carbocycles. The Balaban J connectivity index is 1.58. The Morgan fingerprint density at radius 1 is 1.12 bits per heavy atom. The maximum absolute atomic E-state index is 12.2. The largest absolute Gasteiger partial charge is 0.491 e. The summed E-state index contributed by atoms with van der Waals surface area (Å²) in [6.07, 6.45) is 3.67. The molecule has 1 aromatic heterocycles. The summed E-state index contributed by atoms with van der Waals surface area (Å²) < 4.78 is 7.33. The zero-order valence-electron chi connectivity index (χ0n) is 14.8. The second-order valence-corrected chi connectivity index (χ2v) is 6.09. The van der Waals surface area contributed by atoms with E-state index in [9.17, 15) is 4.79 Å². The molecule has 0 aliphatic carbocycles. The summed E-state index contributed by atoms with van der Waals surface area (Å²) in [7, 11) is 0. The Kier molecular flexibility index (Phi) is 5.53. The number of amides is 2. The van der Waals surface area contributed by atoms with Crippen LogP contribution in [0.1, 0.15) is 19.4 Å². The summed E-state index contributed by atoms with van der Waals surface area (Å²) in [5, 5.41) is 9.94. The number of ether oxygens (including phenoxy) is 1. The van der Waals surface area contributed by atoms with E-state index < -0.39 is 0 Å². The van der Waals surface area contributed by atoms with Gasteiger partial charge in [0, 0.05) is 18.9 Å². The van der Waals surface area contributed by atoms with Gasteiger partial charge in [-0.1, -0.05) is 24.3 Å². The highest BCUT2D eigenvalue weighted by Gasteiger charge is 2.08. The summed E-state index contributed by atoms with van der Waals surface area (Å²) in [6, 6.07) is 16.8. The van der Waals surface area contributed by atoms with Gasteiger partial charge in [0.15, 0.2) is 0 Å². The van der Waals surface area contributed by atoms with Crippen LogP contribution in [0, 0.1) is 0 Å². The van der Waals surface area contributed by atoms with Crippen LogP contribution in [0.15, 0.2) is 67.0 Å². The summed E-state index contributed by atoms with van der Waals surface area (Å²) in [5.74, 6) is 0.821. The number of urea groups is 1. The molecule has 0 aliphatic heterocycles. The van der Waals surface area contributed by atoms with Crippen molar-refractivity contribution < 1.29 is 9.53 Å². The Labute approximate surface area is 152 Å². The van der Waals surface area contributed by atoms with Crippen molar-refractivity contribution in [3.63, 3.8) is 0 Å². The standard InChI is InChI=1S/C20H22N4O2/c1-15(2)26-17-10-8-16(9-11-17)14-21-20(25)23-18-6-3-4-7-19(18)24-13-5-12-22-24/h3-13,15H,14H2,1-2H3,(H2,21,23,25). The predicted molar refractivity (Wildman–Crippen MR) is 102 cm³/mol. The van der Waals surface area contributed by atoms with E-state index in [0.717, 1.165) is 17.0 Å². The zero-order valence-corrected chi connectivity index (χ0v) is 14.8. The maximum Gasteiger partial charge on any atom is 0.319 e. The summed E-state index contributed by atoms with van der Waals surface area (Å²) in [5.41, 5.74) is 2.49. The molecule has 0 aliphatic rings. The molecule has 1 heterocycles. The number of hydrogen-bond acceptors (Lipinski definition) is 3. The van der Waals surface area contributed by atoms with Gasteiger partial charge in [0.05, 0.1) is 17.5 Å². The SMILES string of the molecule is CC(C)Oc1ccc(CNC(=O)Nc2ccccc2-n2cccn2)cc1. The van der Waals surface area contributed by atoms with Gasteiger partial charge in [-0.05, 0) is 49.7 Å². The molecule has 0 unspecified atom stereocenters. The van der Waals surface area contributed by atoms with E-state index in [1.54, 1.807) is 10.9 Å². The number of nitrogens with zero attached hydrogens (tertiary/aromatic N) is 2. The van der Waals surface area contributed by atoms with Crippen molar-refractivity contribution in [1.29, 1.82) is 0 Å². The Morgan fingerprint density at radius 2 is 1.88 bits per heavy atom. The molecule has 0 bridgehead atoms. The van der Waals surface area contributed by atoms with Gasteiger partial charge < -0.3 is 15.4 Å². The molecule has 2 N–H and O–H groups in total. The first kappa shape index (κ1) is 17.5. The fourth-order valence-corrected chi connectivity index (χ4v) is 2.50. The first-order valence-electron chi connectivity index (χ1n) is 8.51. The monoisotopic (exact) mass is 350 g/mol. The number of carbonyl (C=O) groups excluding carboxylic acids is 1. The molecule has 6 heteroatoms. The molecular formula is C20H22N4O2. The average molecular weight is 350 g/mol. The number of nitrogens with one attached hydrogen (secondary N) is 2. The molecule has 0 saturated heterocycles. The molecule has 26 heavy (non-hydrogen) atoms. The van der Waals surface area contributed by atoms with Crippen LogP contribution < -0.4 is 15.4 Å². The number of para-hydroxylation sites is 2. The molecule has 3 aromatic rings. The Morgan fingerprint density at radius 3 is 2.58 bits per heavy atom. The van der Waals surface area contributed by atoms with Crippen LogP contribution in [0.5, 0.6) is 5.75 Å². The number of anilines is 1. The maximum atomic E-state index is 12.2. The Hall–Kier alpha value is -3.28. The van der Waals surface area contributed by atoms with E-state index in [2.05, 4.69) is 15.7 Å². The van der Waals surface area contributed by atoms with Crippen molar-refractivity contribution in [3.05, 3.63) is 72.6 Å². The van der Waals surface area contributed by atoms with Gasteiger partial charge in [-0.25, -0.2) is 9.48 Å². The second kappa shape index (κ2) is 8.20. The second-order valence-electron chi connectivity index (χ2n) is 6.09. The van der Waals surface area contributed by atoms with E-state index >= 15 is 0 Å². The molecule has 3 rings (SSSR count). The lowest BCUT2D eigenvalue weighted by atomic mass is 10.2. The van der Waals surface area contributed by atoms with Crippen LogP contribution in [-0.2, 0) is 6.54 Å². The van der Waals surface area contributed by atoms with E-state index in [4.69, 9.17) is 4.74 Å². The highest BCUT2D eigenvalue weighted by atomic mass is 16.5. The molecule has 6 nitrogen and oxygen atoms in total. The Bertz CT molecular complexity index is 843.